The standard InChI is InChI=1S/C18H25ClN6O2/c1-20-17(26)18(7-15(19)23-11-24-18)16-13(5-4-6-22-16)14-9-21-8-12(27-14)10-25(2)3/h4-7,11-12,14,21H,8-10H2,1-3H3,(H,20,26)(H,23,24). The third-order valence-corrected chi connectivity index (χ3v) is 4.77. The van der Waals surface area contributed by atoms with Crippen molar-refractivity contribution in [2.75, 3.05) is 40.8 Å². The van der Waals surface area contributed by atoms with Gasteiger partial charge in [-0.15, -0.1) is 0 Å². The van der Waals surface area contributed by atoms with E-state index in [1.165, 1.54) is 6.34 Å². The lowest BCUT2D eigenvalue weighted by molar-refractivity contribution is -0.124. The summed E-state index contributed by atoms with van der Waals surface area (Å²) in [6.07, 6.45) is 4.44. The van der Waals surface area contributed by atoms with Gasteiger partial charge in [-0.3, -0.25) is 9.78 Å². The molecule has 8 nitrogen and oxygen atoms in total. The lowest BCUT2D eigenvalue weighted by Crippen LogP contribution is -2.47. The highest BCUT2D eigenvalue weighted by molar-refractivity contribution is 6.30. The molecule has 3 N–H and O–H groups in total. The SMILES string of the molecule is CNC(=O)C1(c2ncccc2C2CNCC(CN(C)C)O2)C=C(Cl)NC=N1. The Kier molecular flexibility index (Phi) is 6.11. The number of amides is 1. The number of nitrogens with one attached hydrogen (secondary N) is 3. The molecular formula is C18H25ClN6O2. The van der Waals surface area contributed by atoms with Gasteiger partial charge in [0.15, 0.2) is 0 Å². The number of likely N-dealkylation sites (N-methyl/N-ethyl adjacent to an activating group) is 2. The van der Waals surface area contributed by atoms with E-state index >= 15 is 0 Å². The van der Waals surface area contributed by atoms with Crippen molar-refractivity contribution in [3.05, 3.63) is 40.8 Å². The Morgan fingerprint density at radius 1 is 1.48 bits per heavy atom. The first-order valence-corrected chi connectivity index (χ1v) is 9.21. The number of nitrogens with zero attached hydrogens (tertiary/aromatic N) is 3. The third-order valence-electron chi connectivity index (χ3n) is 4.55. The largest absolute Gasteiger partial charge is 0.366 e. The highest BCUT2D eigenvalue weighted by Gasteiger charge is 2.43. The number of pyridine rings is 1. The predicted molar refractivity (Wildman–Crippen MR) is 105 cm³/mol. The van der Waals surface area contributed by atoms with Gasteiger partial charge in [0.1, 0.15) is 5.16 Å². The second kappa shape index (κ2) is 8.35. The minimum Gasteiger partial charge on any atom is -0.366 e. The summed E-state index contributed by atoms with van der Waals surface area (Å²) in [7, 11) is 5.59. The van der Waals surface area contributed by atoms with Gasteiger partial charge < -0.3 is 25.6 Å². The molecular weight excluding hydrogens is 368 g/mol. The van der Waals surface area contributed by atoms with Gasteiger partial charge in [-0.25, -0.2) is 4.99 Å². The quantitative estimate of drug-likeness (QED) is 0.625. The highest BCUT2D eigenvalue weighted by Crippen LogP contribution is 2.36. The molecule has 1 aromatic heterocycles. The van der Waals surface area contributed by atoms with Crippen LogP contribution in [0.25, 0.3) is 0 Å². The minimum atomic E-state index is -1.34. The van der Waals surface area contributed by atoms with Crippen molar-refractivity contribution >= 4 is 23.8 Å². The molecule has 1 amide bonds. The molecule has 9 heteroatoms. The maximum absolute atomic E-state index is 12.8. The average Bonchev–Trinajstić information content (AvgIpc) is 2.67. The van der Waals surface area contributed by atoms with E-state index in [0.717, 1.165) is 18.7 Å². The van der Waals surface area contributed by atoms with Crippen LogP contribution in [0.4, 0.5) is 0 Å². The summed E-state index contributed by atoms with van der Waals surface area (Å²) in [6, 6.07) is 3.77. The van der Waals surface area contributed by atoms with Crippen LogP contribution in [-0.4, -0.2) is 69.0 Å². The molecule has 1 saturated heterocycles. The first-order valence-electron chi connectivity index (χ1n) is 8.83. The minimum absolute atomic E-state index is 0.0402. The monoisotopic (exact) mass is 392 g/mol. The van der Waals surface area contributed by atoms with Crippen LogP contribution in [-0.2, 0) is 15.1 Å². The van der Waals surface area contributed by atoms with Crippen molar-refractivity contribution in [3.8, 4) is 0 Å². The average molecular weight is 393 g/mol. The van der Waals surface area contributed by atoms with Gasteiger partial charge in [-0.05, 0) is 26.2 Å². The van der Waals surface area contributed by atoms with Gasteiger partial charge in [-0.2, -0.15) is 0 Å². The highest BCUT2D eigenvalue weighted by atomic mass is 35.5. The van der Waals surface area contributed by atoms with Gasteiger partial charge in [0.25, 0.3) is 5.91 Å². The van der Waals surface area contributed by atoms with Gasteiger partial charge >= 0.3 is 0 Å². The van der Waals surface area contributed by atoms with Crippen molar-refractivity contribution in [2.45, 2.75) is 17.7 Å². The first kappa shape index (κ1) is 19.8. The summed E-state index contributed by atoms with van der Waals surface area (Å²) in [6.45, 7) is 2.21. The molecule has 0 bridgehead atoms. The Morgan fingerprint density at radius 2 is 2.30 bits per heavy atom. The molecule has 0 aliphatic carbocycles. The van der Waals surface area contributed by atoms with Crippen LogP contribution in [0.3, 0.4) is 0 Å². The van der Waals surface area contributed by atoms with E-state index in [9.17, 15) is 4.79 Å². The van der Waals surface area contributed by atoms with Crippen LogP contribution in [0.1, 0.15) is 17.4 Å². The fourth-order valence-electron chi connectivity index (χ4n) is 3.41. The lowest BCUT2D eigenvalue weighted by atomic mass is 9.87. The zero-order valence-corrected chi connectivity index (χ0v) is 16.5. The van der Waals surface area contributed by atoms with Crippen LogP contribution < -0.4 is 16.0 Å². The zero-order chi connectivity index (χ0) is 19.4. The van der Waals surface area contributed by atoms with Crippen LogP contribution in [0.2, 0.25) is 0 Å². The molecule has 3 atom stereocenters. The molecule has 3 rings (SSSR count). The maximum Gasteiger partial charge on any atom is 0.258 e. The van der Waals surface area contributed by atoms with Gasteiger partial charge in [0.05, 0.1) is 24.2 Å². The molecule has 2 aliphatic heterocycles. The number of morpholine rings is 1. The smallest absolute Gasteiger partial charge is 0.258 e. The second-order valence-corrected chi connectivity index (χ2v) is 7.26. The van der Waals surface area contributed by atoms with Crippen molar-refractivity contribution in [1.82, 2.24) is 25.8 Å². The van der Waals surface area contributed by atoms with Crippen molar-refractivity contribution in [2.24, 2.45) is 4.99 Å². The number of aliphatic imine (C=N–C) groups is 1. The van der Waals surface area contributed by atoms with Crippen LogP contribution in [0.5, 0.6) is 0 Å². The number of aromatic nitrogens is 1. The first-order chi connectivity index (χ1) is 13.0. The van der Waals surface area contributed by atoms with Crippen molar-refractivity contribution in [1.29, 1.82) is 0 Å². The van der Waals surface area contributed by atoms with Crippen molar-refractivity contribution < 1.29 is 9.53 Å². The second-order valence-electron chi connectivity index (χ2n) is 6.85. The van der Waals surface area contributed by atoms with Gasteiger partial charge in [0, 0.05) is 38.4 Å². The number of ether oxygens (including phenoxy) is 1. The topological polar surface area (TPSA) is 90.9 Å². The summed E-state index contributed by atoms with van der Waals surface area (Å²) in [4.78, 5) is 23.8. The van der Waals surface area contributed by atoms with E-state index in [1.807, 2.05) is 26.2 Å². The summed E-state index contributed by atoms with van der Waals surface area (Å²) >= 11 is 6.17. The molecule has 27 heavy (non-hydrogen) atoms. The number of halogens is 1. The van der Waals surface area contributed by atoms with Crippen LogP contribution in [0.15, 0.2) is 34.6 Å². The van der Waals surface area contributed by atoms with Crippen molar-refractivity contribution in [3.63, 3.8) is 0 Å². The Hall–Kier alpha value is -2.00. The van der Waals surface area contributed by atoms with E-state index in [0.29, 0.717) is 17.4 Å². The van der Waals surface area contributed by atoms with E-state index in [1.54, 1.807) is 19.3 Å². The molecule has 146 valence electrons. The zero-order valence-electron chi connectivity index (χ0n) is 15.7. The number of hydrogen-bond acceptors (Lipinski definition) is 7. The van der Waals surface area contributed by atoms with E-state index in [2.05, 4.69) is 30.8 Å². The molecule has 1 fully saturated rings. The summed E-state index contributed by atoms with van der Waals surface area (Å²) in [5.74, 6) is -0.313. The Labute approximate surface area is 164 Å². The fraction of sp³-hybridized carbons (Fsp3) is 0.500. The molecule has 3 unspecified atom stereocenters. The molecule has 0 saturated carbocycles. The van der Waals surface area contributed by atoms with E-state index in [-0.39, 0.29) is 18.1 Å². The third kappa shape index (κ3) is 4.14. The molecule has 1 aromatic rings. The maximum atomic E-state index is 12.8. The van der Waals surface area contributed by atoms with Crippen LogP contribution in [0, 0.1) is 0 Å². The fourth-order valence-corrected chi connectivity index (χ4v) is 3.61. The van der Waals surface area contributed by atoms with Gasteiger partial charge in [0.2, 0.25) is 5.54 Å². The number of hydrogen-bond donors (Lipinski definition) is 3. The molecule has 0 spiro atoms. The van der Waals surface area contributed by atoms with Crippen LogP contribution >= 0.6 is 11.6 Å². The molecule has 0 aromatic carbocycles. The predicted octanol–water partition coefficient (Wildman–Crippen LogP) is 0.326. The number of carbonyl (C=O) groups excluding carboxylic acids is 1. The van der Waals surface area contributed by atoms with Gasteiger partial charge in [-0.1, -0.05) is 17.7 Å². The Balaban J connectivity index is 2.01. The molecule has 0 radical (unpaired) electrons. The Bertz CT molecular complexity index is 753. The number of carbonyl (C=O) groups is 1. The lowest BCUT2D eigenvalue weighted by Gasteiger charge is -2.35. The summed E-state index contributed by atoms with van der Waals surface area (Å²) < 4.78 is 6.30. The molecule has 3 heterocycles. The van der Waals surface area contributed by atoms with E-state index in [4.69, 9.17) is 16.3 Å². The summed E-state index contributed by atoms with van der Waals surface area (Å²) in [5.41, 5.74) is -0.0136. The molecule has 2 aliphatic rings. The van der Waals surface area contributed by atoms with E-state index < -0.39 is 5.54 Å². The normalized spacial score (nSPS) is 27.8. The Morgan fingerprint density at radius 3 is 3.00 bits per heavy atom. The number of rotatable bonds is 5. The summed E-state index contributed by atoms with van der Waals surface area (Å²) in [5, 5.41) is 9.19.